The van der Waals surface area contributed by atoms with Crippen molar-refractivity contribution in [3.05, 3.63) is 84.0 Å². The molecule has 5 heteroatoms. The number of hydrogen-bond acceptors (Lipinski definition) is 3. The molecule has 1 aliphatic rings. The molecule has 2 aromatic carbocycles. The zero-order valence-corrected chi connectivity index (χ0v) is 20.7. The van der Waals surface area contributed by atoms with Gasteiger partial charge < -0.3 is 14.6 Å². The minimum absolute atomic E-state index is 0.347. The largest absolute Gasteiger partial charge is 0.374 e. The average molecular weight is 465 g/mol. The molecular formula is C30H32N4O. The van der Waals surface area contributed by atoms with Crippen LogP contribution in [0, 0.1) is 12.5 Å². The van der Waals surface area contributed by atoms with Gasteiger partial charge in [0.2, 0.25) is 0 Å². The molecule has 2 aromatic heterocycles. The first-order valence-corrected chi connectivity index (χ1v) is 12.3. The SMILES string of the molecule is [C-]#[N+]c1ccc(-c2c(-c3ccc(C(C)(C)OC)cc3)ncc3c2ccn3CC2CCNCC2)cc1. The number of rotatable bonds is 6. The Kier molecular flexibility index (Phi) is 6.42. The molecule has 0 aliphatic carbocycles. The lowest BCUT2D eigenvalue weighted by molar-refractivity contribution is 0.0192. The zero-order chi connectivity index (χ0) is 24.4. The van der Waals surface area contributed by atoms with Crippen LogP contribution in [-0.4, -0.2) is 29.8 Å². The lowest BCUT2D eigenvalue weighted by atomic mass is 9.93. The van der Waals surface area contributed by atoms with E-state index in [1.165, 1.54) is 18.2 Å². The fourth-order valence-corrected chi connectivity index (χ4v) is 5.02. The lowest BCUT2D eigenvalue weighted by Gasteiger charge is -2.24. The van der Waals surface area contributed by atoms with E-state index in [0.29, 0.717) is 11.6 Å². The standard InChI is InChI=1S/C30H32N4O/c1-30(2,35-4)24-9-5-23(6-10-24)29-28(22-7-11-25(31-3)12-8-22)26-15-18-34(27(26)19-33-29)20-21-13-16-32-17-14-21/h5-12,15,18-19,21,32H,13-14,16-17,20H2,1-2,4H3. The smallest absolute Gasteiger partial charge is 0.187 e. The molecule has 1 aliphatic heterocycles. The Labute approximate surface area is 207 Å². The molecule has 0 radical (unpaired) electrons. The second-order valence-corrected chi connectivity index (χ2v) is 9.89. The van der Waals surface area contributed by atoms with E-state index in [9.17, 15) is 0 Å². The number of nitrogens with one attached hydrogen (secondary N) is 1. The predicted octanol–water partition coefficient (Wildman–Crippen LogP) is 6.80. The zero-order valence-electron chi connectivity index (χ0n) is 20.7. The van der Waals surface area contributed by atoms with E-state index in [-0.39, 0.29) is 5.60 Å². The first-order chi connectivity index (χ1) is 17.0. The highest BCUT2D eigenvalue weighted by atomic mass is 16.5. The van der Waals surface area contributed by atoms with Crippen LogP contribution < -0.4 is 5.32 Å². The Balaban J connectivity index is 1.62. The van der Waals surface area contributed by atoms with E-state index in [0.717, 1.165) is 53.1 Å². The van der Waals surface area contributed by atoms with E-state index in [1.807, 2.05) is 30.5 Å². The van der Waals surface area contributed by atoms with Gasteiger partial charge in [0, 0.05) is 36.4 Å². The van der Waals surface area contributed by atoms with E-state index >= 15 is 0 Å². The van der Waals surface area contributed by atoms with Crippen LogP contribution in [0.15, 0.2) is 67.0 Å². The number of benzene rings is 2. The summed E-state index contributed by atoms with van der Waals surface area (Å²) < 4.78 is 8.02. The Morgan fingerprint density at radius 1 is 1.03 bits per heavy atom. The molecule has 3 heterocycles. The molecule has 1 N–H and O–H groups in total. The molecule has 0 bridgehead atoms. The quantitative estimate of drug-likeness (QED) is 0.319. The van der Waals surface area contributed by atoms with Gasteiger partial charge in [0.05, 0.1) is 29.6 Å². The van der Waals surface area contributed by atoms with Gasteiger partial charge in [0.1, 0.15) is 0 Å². The van der Waals surface area contributed by atoms with E-state index in [4.69, 9.17) is 16.3 Å². The van der Waals surface area contributed by atoms with Crippen LogP contribution in [0.4, 0.5) is 5.69 Å². The topological polar surface area (TPSA) is 43.4 Å². The van der Waals surface area contributed by atoms with E-state index in [1.54, 1.807) is 7.11 Å². The van der Waals surface area contributed by atoms with Crippen molar-refractivity contribution in [3.63, 3.8) is 0 Å². The predicted molar refractivity (Wildman–Crippen MR) is 142 cm³/mol. The number of ether oxygens (including phenoxy) is 1. The number of hydrogen-bond donors (Lipinski definition) is 1. The lowest BCUT2D eigenvalue weighted by Crippen LogP contribution is -2.29. The normalized spacial score (nSPS) is 14.8. The van der Waals surface area contributed by atoms with Crippen molar-refractivity contribution >= 4 is 16.6 Å². The highest BCUT2D eigenvalue weighted by Crippen LogP contribution is 2.38. The van der Waals surface area contributed by atoms with E-state index < -0.39 is 0 Å². The molecule has 35 heavy (non-hydrogen) atoms. The third-order valence-electron chi connectivity index (χ3n) is 7.39. The van der Waals surface area contributed by atoms with Crippen molar-refractivity contribution in [2.45, 2.75) is 38.8 Å². The first-order valence-electron chi connectivity index (χ1n) is 12.3. The van der Waals surface area contributed by atoms with Crippen molar-refractivity contribution < 1.29 is 4.74 Å². The molecule has 0 amide bonds. The van der Waals surface area contributed by atoms with Gasteiger partial charge in [-0.2, -0.15) is 0 Å². The van der Waals surface area contributed by atoms with Gasteiger partial charge in [-0.25, -0.2) is 4.85 Å². The number of methoxy groups -OCH3 is 1. The van der Waals surface area contributed by atoms with Crippen LogP contribution in [0.2, 0.25) is 0 Å². The van der Waals surface area contributed by atoms with Crippen molar-refractivity contribution in [2.75, 3.05) is 20.2 Å². The average Bonchev–Trinajstić information content (AvgIpc) is 3.31. The van der Waals surface area contributed by atoms with Crippen LogP contribution >= 0.6 is 0 Å². The highest BCUT2D eigenvalue weighted by Gasteiger charge is 2.21. The highest BCUT2D eigenvalue weighted by molar-refractivity contribution is 6.01. The molecule has 5 rings (SSSR count). The summed E-state index contributed by atoms with van der Waals surface area (Å²) in [5, 5.41) is 4.66. The summed E-state index contributed by atoms with van der Waals surface area (Å²) in [6, 6.07) is 18.6. The first kappa shape index (κ1) is 23.3. The number of pyridine rings is 1. The van der Waals surface area contributed by atoms with Gasteiger partial charge >= 0.3 is 0 Å². The van der Waals surface area contributed by atoms with Crippen LogP contribution in [-0.2, 0) is 16.9 Å². The monoisotopic (exact) mass is 464 g/mol. The summed E-state index contributed by atoms with van der Waals surface area (Å²) in [5.41, 5.74) is 6.79. The molecular weight excluding hydrogens is 432 g/mol. The number of aromatic nitrogens is 2. The number of fused-ring (bicyclic) bond motifs is 1. The van der Waals surface area contributed by atoms with Gasteiger partial charge in [-0.1, -0.05) is 48.5 Å². The summed E-state index contributed by atoms with van der Waals surface area (Å²) >= 11 is 0. The second kappa shape index (κ2) is 9.65. The maximum atomic E-state index is 7.33. The third-order valence-corrected chi connectivity index (χ3v) is 7.39. The Hall–Kier alpha value is -3.46. The second-order valence-electron chi connectivity index (χ2n) is 9.89. The Morgan fingerprint density at radius 2 is 1.71 bits per heavy atom. The summed E-state index contributed by atoms with van der Waals surface area (Å²) in [7, 11) is 1.74. The Bertz CT molecular complexity index is 1350. The minimum atomic E-state index is -0.347. The van der Waals surface area contributed by atoms with E-state index in [2.05, 4.69) is 65.1 Å². The Morgan fingerprint density at radius 3 is 2.37 bits per heavy atom. The fourth-order valence-electron chi connectivity index (χ4n) is 5.02. The minimum Gasteiger partial charge on any atom is -0.374 e. The van der Waals surface area contributed by atoms with Crippen molar-refractivity contribution in [3.8, 4) is 22.4 Å². The van der Waals surface area contributed by atoms with Gasteiger partial charge in [0.25, 0.3) is 0 Å². The maximum Gasteiger partial charge on any atom is 0.187 e. The molecule has 0 atom stereocenters. The van der Waals surface area contributed by atoms with Crippen LogP contribution in [0.3, 0.4) is 0 Å². The molecule has 178 valence electrons. The maximum absolute atomic E-state index is 7.33. The van der Waals surface area contributed by atoms with Gasteiger partial charge in [-0.05, 0) is 62.9 Å². The molecule has 0 unspecified atom stereocenters. The van der Waals surface area contributed by atoms with Gasteiger partial charge in [0.15, 0.2) is 5.69 Å². The molecule has 1 saturated heterocycles. The molecule has 1 fully saturated rings. The van der Waals surface area contributed by atoms with Crippen molar-refractivity contribution in [2.24, 2.45) is 5.92 Å². The third kappa shape index (κ3) is 4.60. The fraction of sp³-hybridized carbons (Fsp3) is 0.333. The molecule has 5 nitrogen and oxygen atoms in total. The summed E-state index contributed by atoms with van der Waals surface area (Å²) in [6.07, 6.45) is 6.65. The number of piperidine rings is 1. The van der Waals surface area contributed by atoms with Crippen molar-refractivity contribution in [1.82, 2.24) is 14.9 Å². The van der Waals surface area contributed by atoms with Crippen LogP contribution in [0.1, 0.15) is 32.3 Å². The molecule has 4 aromatic rings. The molecule has 0 spiro atoms. The van der Waals surface area contributed by atoms with Gasteiger partial charge in [-0.3, -0.25) is 4.98 Å². The molecule has 0 saturated carbocycles. The van der Waals surface area contributed by atoms with Crippen molar-refractivity contribution in [1.29, 1.82) is 0 Å². The summed E-state index contributed by atoms with van der Waals surface area (Å²) in [5.74, 6) is 0.685. The van der Waals surface area contributed by atoms with Gasteiger partial charge in [-0.15, -0.1) is 0 Å². The number of nitrogens with zero attached hydrogens (tertiary/aromatic N) is 3. The van der Waals surface area contributed by atoms with Crippen LogP contribution in [0.5, 0.6) is 0 Å². The summed E-state index contributed by atoms with van der Waals surface area (Å²) in [4.78, 5) is 8.58. The summed E-state index contributed by atoms with van der Waals surface area (Å²) in [6.45, 7) is 14.7. The van der Waals surface area contributed by atoms with Crippen LogP contribution in [0.25, 0.3) is 38.1 Å².